The predicted octanol–water partition coefficient (Wildman–Crippen LogP) is 3.05. The molecule has 0 unspecified atom stereocenters. The van der Waals surface area contributed by atoms with Crippen molar-refractivity contribution in [1.82, 2.24) is 14.7 Å². The molecule has 25 heavy (non-hydrogen) atoms. The fourth-order valence-corrected chi connectivity index (χ4v) is 2.46. The van der Waals surface area contributed by atoms with Gasteiger partial charge in [0.25, 0.3) is 11.6 Å². The molecule has 1 amide bonds. The maximum Gasteiger partial charge on any atom is 0.269 e. The highest BCUT2D eigenvalue weighted by atomic mass is 16.6. The molecule has 3 rings (SSSR count). The third kappa shape index (κ3) is 3.72. The molecule has 1 aromatic heterocycles. The summed E-state index contributed by atoms with van der Waals surface area (Å²) in [6.07, 6.45) is 3.58. The molecule has 3 aromatic rings. The molecular formula is C18H16N4O3. The largest absolute Gasteiger partial charge is 0.337 e. The van der Waals surface area contributed by atoms with Crippen LogP contribution in [0.3, 0.4) is 0 Å². The first-order valence-electron chi connectivity index (χ1n) is 7.63. The molecule has 0 N–H and O–H groups in total. The Kier molecular flexibility index (Phi) is 4.56. The topological polar surface area (TPSA) is 81.3 Å². The highest BCUT2D eigenvalue weighted by Gasteiger charge is 2.14. The van der Waals surface area contributed by atoms with Gasteiger partial charge in [-0.2, -0.15) is 5.10 Å². The number of rotatable bonds is 5. The van der Waals surface area contributed by atoms with Crippen LogP contribution >= 0.6 is 0 Å². The molecular weight excluding hydrogens is 320 g/mol. The summed E-state index contributed by atoms with van der Waals surface area (Å²) in [7, 11) is 1.68. The smallest absolute Gasteiger partial charge is 0.269 e. The third-order valence-electron chi connectivity index (χ3n) is 3.75. The molecule has 0 aliphatic rings. The van der Waals surface area contributed by atoms with Crippen LogP contribution < -0.4 is 0 Å². The van der Waals surface area contributed by atoms with Crippen LogP contribution in [0.4, 0.5) is 5.69 Å². The summed E-state index contributed by atoms with van der Waals surface area (Å²) in [6.45, 7) is 0.392. The standard InChI is InChI=1S/C18H16N4O3/c1-20(18(23)15-7-9-17(10-8-15)22(24)25)12-14-11-19-21(13-14)16-5-3-2-4-6-16/h2-11,13H,12H2,1H3. The van der Waals surface area contributed by atoms with Gasteiger partial charge in [-0.15, -0.1) is 0 Å². The summed E-state index contributed by atoms with van der Waals surface area (Å²) in [6, 6.07) is 15.3. The second kappa shape index (κ2) is 6.96. The molecule has 1 heterocycles. The quantitative estimate of drug-likeness (QED) is 0.530. The van der Waals surface area contributed by atoms with Crippen LogP contribution in [0.25, 0.3) is 5.69 Å². The number of nitro benzene ring substituents is 1. The van der Waals surface area contributed by atoms with E-state index in [0.29, 0.717) is 12.1 Å². The SMILES string of the molecule is CN(Cc1cnn(-c2ccccc2)c1)C(=O)c1ccc([N+](=O)[O-])cc1. The van der Waals surface area contributed by atoms with Gasteiger partial charge in [0, 0.05) is 43.0 Å². The van der Waals surface area contributed by atoms with Crippen molar-refractivity contribution in [2.75, 3.05) is 7.05 Å². The fourth-order valence-electron chi connectivity index (χ4n) is 2.46. The zero-order valence-corrected chi connectivity index (χ0v) is 13.6. The molecule has 0 spiro atoms. The predicted molar refractivity (Wildman–Crippen MR) is 92.5 cm³/mol. The van der Waals surface area contributed by atoms with Crippen molar-refractivity contribution in [3.63, 3.8) is 0 Å². The van der Waals surface area contributed by atoms with E-state index < -0.39 is 4.92 Å². The van der Waals surface area contributed by atoms with Gasteiger partial charge in [0.15, 0.2) is 0 Å². The average Bonchev–Trinajstić information content (AvgIpc) is 3.10. The first-order chi connectivity index (χ1) is 12.0. The highest BCUT2D eigenvalue weighted by Crippen LogP contribution is 2.15. The van der Waals surface area contributed by atoms with E-state index in [2.05, 4.69) is 5.10 Å². The number of non-ortho nitro benzene ring substituents is 1. The Labute approximate surface area is 144 Å². The number of carbonyl (C=O) groups is 1. The van der Waals surface area contributed by atoms with Crippen molar-refractivity contribution in [2.45, 2.75) is 6.54 Å². The second-order valence-corrected chi connectivity index (χ2v) is 5.59. The van der Waals surface area contributed by atoms with Crippen LogP contribution in [-0.2, 0) is 6.54 Å². The van der Waals surface area contributed by atoms with Crippen molar-refractivity contribution in [2.24, 2.45) is 0 Å². The molecule has 0 aliphatic carbocycles. The van der Waals surface area contributed by atoms with Crippen molar-refractivity contribution in [3.05, 3.63) is 88.2 Å². The fraction of sp³-hybridized carbons (Fsp3) is 0.111. The zero-order chi connectivity index (χ0) is 17.8. The lowest BCUT2D eigenvalue weighted by Gasteiger charge is -2.16. The molecule has 126 valence electrons. The third-order valence-corrected chi connectivity index (χ3v) is 3.75. The maximum atomic E-state index is 12.4. The Morgan fingerprint density at radius 3 is 2.48 bits per heavy atom. The minimum absolute atomic E-state index is 0.0386. The van der Waals surface area contributed by atoms with Crippen LogP contribution in [0.15, 0.2) is 67.0 Å². The van der Waals surface area contributed by atoms with Crippen LogP contribution in [0.5, 0.6) is 0 Å². The van der Waals surface area contributed by atoms with Crippen molar-refractivity contribution in [3.8, 4) is 5.69 Å². The number of amides is 1. The van der Waals surface area contributed by atoms with Crippen LogP contribution in [0.1, 0.15) is 15.9 Å². The number of benzene rings is 2. The van der Waals surface area contributed by atoms with E-state index in [1.807, 2.05) is 36.5 Å². The summed E-state index contributed by atoms with van der Waals surface area (Å²) >= 11 is 0. The van der Waals surface area contributed by atoms with Crippen molar-refractivity contribution in [1.29, 1.82) is 0 Å². The van der Waals surface area contributed by atoms with Gasteiger partial charge in [-0.1, -0.05) is 18.2 Å². The van der Waals surface area contributed by atoms with Gasteiger partial charge < -0.3 is 4.90 Å². The number of para-hydroxylation sites is 1. The number of carbonyl (C=O) groups excluding carboxylic acids is 1. The Bertz CT molecular complexity index is 888. The monoisotopic (exact) mass is 336 g/mol. The molecule has 7 nitrogen and oxygen atoms in total. The van der Waals surface area contributed by atoms with Gasteiger partial charge >= 0.3 is 0 Å². The van der Waals surface area contributed by atoms with Gasteiger partial charge in [0.05, 0.1) is 16.8 Å². The highest BCUT2D eigenvalue weighted by molar-refractivity contribution is 5.94. The summed E-state index contributed by atoms with van der Waals surface area (Å²) in [5.74, 6) is -0.206. The minimum atomic E-state index is -0.490. The lowest BCUT2D eigenvalue weighted by molar-refractivity contribution is -0.384. The maximum absolute atomic E-state index is 12.4. The number of aromatic nitrogens is 2. The van der Waals surface area contributed by atoms with E-state index in [0.717, 1.165) is 11.3 Å². The molecule has 0 bridgehead atoms. The van der Waals surface area contributed by atoms with Crippen molar-refractivity contribution < 1.29 is 9.72 Å². The molecule has 0 fully saturated rings. The molecule has 0 aliphatic heterocycles. The van der Waals surface area contributed by atoms with Gasteiger partial charge in [-0.25, -0.2) is 4.68 Å². The van der Waals surface area contributed by atoms with E-state index in [9.17, 15) is 14.9 Å². The minimum Gasteiger partial charge on any atom is -0.337 e. The van der Waals surface area contributed by atoms with Crippen LogP contribution in [-0.4, -0.2) is 32.6 Å². The Hall–Kier alpha value is -3.48. The summed E-state index contributed by atoms with van der Waals surface area (Å²) < 4.78 is 1.75. The molecule has 0 saturated carbocycles. The van der Waals surface area contributed by atoms with Gasteiger partial charge in [-0.05, 0) is 24.3 Å². The van der Waals surface area contributed by atoms with E-state index in [4.69, 9.17) is 0 Å². The van der Waals surface area contributed by atoms with Gasteiger partial charge in [-0.3, -0.25) is 14.9 Å². The van der Waals surface area contributed by atoms with E-state index in [-0.39, 0.29) is 11.6 Å². The lowest BCUT2D eigenvalue weighted by atomic mass is 10.2. The molecule has 0 atom stereocenters. The van der Waals surface area contributed by atoms with Crippen LogP contribution in [0, 0.1) is 10.1 Å². The van der Waals surface area contributed by atoms with Crippen molar-refractivity contribution >= 4 is 11.6 Å². The summed E-state index contributed by atoms with van der Waals surface area (Å²) in [5.41, 5.74) is 2.20. The normalized spacial score (nSPS) is 10.4. The number of hydrogen-bond acceptors (Lipinski definition) is 4. The van der Waals surface area contributed by atoms with E-state index >= 15 is 0 Å². The Morgan fingerprint density at radius 2 is 1.84 bits per heavy atom. The summed E-state index contributed by atoms with van der Waals surface area (Å²) in [5, 5.41) is 15.0. The average molecular weight is 336 g/mol. The van der Waals surface area contributed by atoms with E-state index in [1.165, 1.54) is 24.3 Å². The molecule has 0 radical (unpaired) electrons. The first kappa shape index (κ1) is 16.4. The van der Waals surface area contributed by atoms with E-state index in [1.54, 1.807) is 22.8 Å². The molecule has 0 saturated heterocycles. The van der Waals surface area contributed by atoms with Gasteiger partial charge in [0.2, 0.25) is 0 Å². The zero-order valence-electron chi connectivity index (χ0n) is 13.6. The number of nitrogens with zero attached hydrogens (tertiary/aromatic N) is 4. The summed E-state index contributed by atoms with van der Waals surface area (Å²) in [4.78, 5) is 24.2. The van der Waals surface area contributed by atoms with Crippen LogP contribution in [0.2, 0.25) is 0 Å². The second-order valence-electron chi connectivity index (χ2n) is 5.59. The molecule has 7 heteroatoms. The Morgan fingerprint density at radius 1 is 1.16 bits per heavy atom. The first-order valence-corrected chi connectivity index (χ1v) is 7.63. The van der Waals surface area contributed by atoms with Gasteiger partial charge in [0.1, 0.15) is 0 Å². The lowest BCUT2D eigenvalue weighted by Crippen LogP contribution is -2.26. The molecule has 2 aromatic carbocycles. The number of nitro groups is 1. The Balaban J connectivity index is 1.69. The number of hydrogen-bond donors (Lipinski definition) is 0.